The summed E-state index contributed by atoms with van der Waals surface area (Å²) >= 11 is 6.88. The highest BCUT2D eigenvalue weighted by Crippen LogP contribution is 2.32. The SMILES string of the molecule is CCOC(=O)C(=O)c1ccc(Cc2ncc(C(F)(F)F)cc2Cl)s1. The van der Waals surface area contributed by atoms with Gasteiger partial charge in [-0.3, -0.25) is 9.78 Å². The molecule has 0 N–H and O–H groups in total. The van der Waals surface area contributed by atoms with Gasteiger partial charge in [0.2, 0.25) is 0 Å². The predicted octanol–water partition coefficient (Wildman–Crippen LogP) is 4.15. The molecule has 24 heavy (non-hydrogen) atoms. The Bertz CT molecular complexity index is 774. The number of aromatic nitrogens is 1. The zero-order valence-corrected chi connectivity index (χ0v) is 13.9. The number of hydrogen-bond acceptors (Lipinski definition) is 5. The summed E-state index contributed by atoms with van der Waals surface area (Å²) in [5, 5.41) is -0.114. The van der Waals surface area contributed by atoms with E-state index in [9.17, 15) is 22.8 Å². The molecule has 0 saturated carbocycles. The summed E-state index contributed by atoms with van der Waals surface area (Å²) in [6.45, 7) is 1.68. The number of carbonyl (C=O) groups is 2. The molecule has 0 fully saturated rings. The number of carbonyl (C=O) groups excluding carboxylic acids is 2. The van der Waals surface area contributed by atoms with Gasteiger partial charge in [-0.2, -0.15) is 13.2 Å². The Hall–Kier alpha value is -1.93. The molecule has 0 aromatic carbocycles. The Kier molecular flexibility index (Phi) is 5.61. The molecule has 0 radical (unpaired) electrons. The molecule has 0 spiro atoms. The van der Waals surface area contributed by atoms with Crippen LogP contribution in [0.3, 0.4) is 0 Å². The van der Waals surface area contributed by atoms with Crippen molar-refractivity contribution in [2.45, 2.75) is 19.5 Å². The van der Waals surface area contributed by atoms with Gasteiger partial charge in [-0.15, -0.1) is 11.3 Å². The lowest BCUT2D eigenvalue weighted by molar-refractivity contribution is -0.138. The Balaban J connectivity index is 2.15. The zero-order valence-electron chi connectivity index (χ0n) is 12.3. The van der Waals surface area contributed by atoms with Crippen LogP contribution in [0.1, 0.15) is 32.7 Å². The monoisotopic (exact) mass is 377 g/mol. The van der Waals surface area contributed by atoms with Gasteiger partial charge in [0.25, 0.3) is 5.78 Å². The second kappa shape index (κ2) is 7.31. The molecule has 2 aromatic heterocycles. The maximum atomic E-state index is 12.6. The number of ether oxygens (including phenoxy) is 1. The Morgan fingerprint density at radius 1 is 1.33 bits per heavy atom. The van der Waals surface area contributed by atoms with Gasteiger partial charge in [0.15, 0.2) is 0 Å². The van der Waals surface area contributed by atoms with Crippen molar-refractivity contribution in [1.29, 1.82) is 0 Å². The Morgan fingerprint density at radius 2 is 2.04 bits per heavy atom. The first-order valence-electron chi connectivity index (χ1n) is 6.74. The number of Topliss-reactive ketones (excluding diaryl/α,β-unsaturated/α-hetero) is 1. The van der Waals surface area contributed by atoms with Crippen LogP contribution in [-0.2, 0) is 22.1 Å². The van der Waals surface area contributed by atoms with E-state index in [1.807, 2.05) is 0 Å². The minimum Gasteiger partial charge on any atom is -0.460 e. The van der Waals surface area contributed by atoms with Crippen LogP contribution in [0.2, 0.25) is 5.02 Å². The fraction of sp³-hybridized carbons (Fsp3) is 0.267. The van der Waals surface area contributed by atoms with Crippen LogP contribution in [0, 0.1) is 0 Å². The molecular formula is C15H11ClF3NO3S. The van der Waals surface area contributed by atoms with Crippen molar-refractivity contribution in [3.63, 3.8) is 0 Å². The maximum Gasteiger partial charge on any atom is 0.417 e. The lowest BCUT2D eigenvalue weighted by Crippen LogP contribution is -2.16. The predicted molar refractivity (Wildman–Crippen MR) is 82.3 cm³/mol. The number of alkyl halides is 3. The van der Waals surface area contributed by atoms with E-state index in [-0.39, 0.29) is 28.6 Å². The third-order valence-electron chi connectivity index (χ3n) is 2.93. The number of thiophene rings is 1. The minimum atomic E-state index is -4.52. The van der Waals surface area contributed by atoms with Crippen molar-refractivity contribution in [3.05, 3.63) is 50.4 Å². The molecule has 128 valence electrons. The Morgan fingerprint density at radius 3 is 2.62 bits per heavy atom. The standard InChI is InChI=1S/C15H11ClF3NO3S/c1-2-23-14(22)13(21)12-4-3-9(24-12)6-11-10(16)5-8(7-20-11)15(17,18)19/h3-5,7H,2,6H2,1H3. The molecule has 9 heteroatoms. The number of ketones is 1. The van der Waals surface area contributed by atoms with Crippen LogP contribution in [0.5, 0.6) is 0 Å². The second-order valence-corrected chi connectivity index (χ2v) is 6.22. The van der Waals surface area contributed by atoms with Crippen molar-refractivity contribution in [3.8, 4) is 0 Å². The van der Waals surface area contributed by atoms with E-state index >= 15 is 0 Å². The topological polar surface area (TPSA) is 56.3 Å². The van der Waals surface area contributed by atoms with E-state index in [2.05, 4.69) is 9.72 Å². The summed E-state index contributed by atoms with van der Waals surface area (Å²) in [4.78, 5) is 27.7. The second-order valence-electron chi connectivity index (χ2n) is 4.64. The van der Waals surface area contributed by atoms with Crippen molar-refractivity contribution in [1.82, 2.24) is 4.98 Å². The summed E-state index contributed by atoms with van der Waals surface area (Å²) in [6, 6.07) is 3.85. The fourth-order valence-electron chi connectivity index (χ4n) is 1.81. The summed E-state index contributed by atoms with van der Waals surface area (Å²) in [6.07, 6.45) is -3.66. The van der Waals surface area contributed by atoms with Crippen molar-refractivity contribution in [2.24, 2.45) is 0 Å². The van der Waals surface area contributed by atoms with Crippen LogP contribution < -0.4 is 0 Å². The molecule has 0 unspecified atom stereocenters. The molecule has 0 aliphatic heterocycles. The largest absolute Gasteiger partial charge is 0.460 e. The average Bonchev–Trinajstić information content (AvgIpc) is 2.96. The average molecular weight is 378 g/mol. The third-order valence-corrected chi connectivity index (χ3v) is 4.34. The van der Waals surface area contributed by atoms with Gasteiger partial charge < -0.3 is 4.74 Å². The normalized spacial score (nSPS) is 11.4. The molecule has 4 nitrogen and oxygen atoms in total. The minimum absolute atomic E-state index is 0.0912. The highest BCUT2D eigenvalue weighted by Gasteiger charge is 2.31. The summed E-state index contributed by atoms with van der Waals surface area (Å²) in [5.41, 5.74) is -0.678. The van der Waals surface area contributed by atoms with E-state index in [0.717, 1.165) is 17.4 Å². The van der Waals surface area contributed by atoms with Gasteiger partial charge in [0, 0.05) is 17.5 Å². The van der Waals surface area contributed by atoms with Gasteiger partial charge >= 0.3 is 12.1 Å². The quantitative estimate of drug-likeness (QED) is 0.446. The molecular weight excluding hydrogens is 367 g/mol. The molecule has 0 bridgehead atoms. The van der Waals surface area contributed by atoms with Crippen molar-refractivity contribution >= 4 is 34.7 Å². The first kappa shape index (κ1) is 18.4. The van der Waals surface area contributed by atoms with Crippen molar-refractivity contribution in [2.75, 3.05) is 6.61 Å². The van der Waals surface area contributed by atoms with Crippen molar-refractivity contribution < 1.29 is 27.5 Å². The molecule has 0 aliphatic carbocycles. The zero-order chi connectivity index (χ0) is 17.9. The molecule has 0 aliphatic rings. The number of nitrogens with zero attached hydrogens (tertiary/aromatic N) is 1. The number of esters is 1. The maximum absolute atomic E-state index is 12.6. The molecule has 2 aromatic rings. The summed E-state index contributed by atoms with van der Waals surface area (Å²) < 4.78 is 42.4. The molecule has 0 atom stereocenters. The Labute approximate surface area is 144 Å². The lowest BCUT2D eigenvalue weighted by Gasteiger charge is -2.08. The molecule has 2 rings (SSSR count). The first-order valence-corrected chi connectivity index (χ1v) is 7.93. The molecule has 2 heterocycles. The van der Waals surface area contributed by atoms with Gasteiger partial charge in [-0.25, -0.2) is 4.79 Å². The number of pyridine rings is 1. The number of hydrogen-bond donors (Lipinski definition) is 0. The molecule has 0 saturated heterocycles. The first-order chi connectivity index (χ1) is 11.2. The summed E-state index contributed by atoms with van der Waals surface area (Å²) in [7, 11) is 0. The summed E-state index contributed by atoms with van der Waals surface area (Å²) in [5.74, 6) is -1.71. The highest BCUT2D eigenvalue weighted by atomic mass is 35.5. The van der Waals surface area contributed by atoms with Crippen LogP contribution in [0.4, 0.5) is 13.2 Å². The van der Waals surface area contributed by atoms with E-state index < -0.39 is 23.5 Å². The van der Waals surface area contributed by atoms with Crippen LogP contribution in [-0.4, -0.2) is 23.3 Å². The van der Waals surface area contributed by atoms with E-state index in [4.69, 9.17) is 11.6 Å². The van der Waals surface area contributed by atoms with Gasteiger partial charge in [-0.1, -0.05) is 11.6 Å². The van der Waals surface area contributed by atoms with Gasteiger partial charge in [0.05, 0.1) is 27.8 Å². The van der Waals surface area contributed by atoms with E-state index in [1.165, 1.54) is 6.07 Å². The van der Waals surface area contributed by atoms with E-state index in [1.54, 1.807) is 13.0 Å². The number of rotatable bonds is 5. The van der Waals surface area contributed by atoms with Crippen LogP contribution >= 0.6 is 22.9 Å². The number of halogens is 4. The highest BCUT2D eigenvalue weighted by molar-refractivity contribution is 7.14. The smallest absolute Gasteiger partial charge is 0.417 e. The molecule has 0 amide bonds. The fourth-order valence-corrected chi connectivity index (χ4v) is 2.98. The lowest BCUT2D eigenvalue weighted by atomic mass is 10.2. The van der Waals surface area contributed by atoms with Gasteiger partial charge in [0.1, 0.15) is 0 Å². The third kappa shape index (κ3) is 4.33. The van der Waals surface area contributed by atoms with Gasteiger partial charge in [-0.05, 0) is 25.1 Å². The van der Waals surface area contributed by atoms with E-state index in [0.29, 0.717) is 11.1 Å². The van der Waals surface area contributed by atoms with Crippen LogP contribution in [0.15, 0.2) is 24.4 Å². The van der Waals surface area contributed by atoms with Crippen LogP contribution in [0.25, 0.3) is 0 Å².